The minimum atomic E-state index is -0.222. The van der Waals surface area contributed by atoms with Crippen LogP contribution >= 0.6 is 23.6 Å². The van der Waals surface area contributed by atoms with E-state index in [9.17, 15) is 4.79 Å². The SMILES string of the molecule is Cc1cnc(CNC(=O)COc2ccccc2C(N)=S)s1. The highest BCUT2D eigenvalue weighted by atomic mass is 32.1. The molecule has 110 valence electrons. The predicted molar refractivity (Wildman–Crippen MR) is 86.5 cm³/mol. The third-order valence-corrected chi connectivity index (χ3v) is 3.75. The Kier molecular flexibility index (Phi) is 5.24. The van der Waals surface area contributed by atoms with Crippen LogP contribution in [-0.4, -0.2) is 22.5 Å². The fourth-order valence-corrected chi connectivity index (χ4v) is 2.54. The average Bonchev–Trinajstić information content (AvgIpc) is 2.88. The number of aromatic nitrogens is 1. The zero-order valence-electron chi connectivity index (χ0n) is 11.5. The molecule has 0 fully saturated rings. The number of benzene rings is 1. The van der Waals surface area contributed by atoms with E-state index in [1.54, 1.807) is 35.7 Å². The number of nitrogens with two attached hydrogens (primary N) is 1. The first-order valence-corrected chi connectivity index (χ1v) is 7.48. The maximum Gasteiger partial charge on any atom is 0.258 e. The van der Waals surface area contributed by atoms with Gasteiger partial charge in [-0.15, -0.1) is 11.3 Å². The average molecular weight is 321 g/mol. The number of para-hydroxylation sites is 1. The Bertz CT molecular complexity index is 655. The molecule has 21 heavy (non-hydrogen) atoms. The first-order chi connectivity index (χ1) is 10.1. The summed E-state index contributed by atoms with van der Waals surface area (Å²) in [6, 6.07) is 7.10. The lowest BCUT2D eigenvalue weighted by molar-refractivity contribution is -0.123. The standard InChI is InChI=1S/C14H15N3O2S2/c1-9-6-17-13(21-9)7-16-12(18)8-19-11-5-3-2-4-10(11)14(15)20/h2-6H,7-8H2,1H3,(H2,15,20)(H,16,18). The van der Waals surface area contributed by atoms with Crippen LogP contribution in [0.4, 0.5) is 0 Å². The molecule has 0 bridgehead atoms. The maximum absolute atomic E-state index is 11.8. The number of rotatable bonds is 6. The topological polar surface area (TPSA) is 77.2 Å². The van der Waals surface area contributed by atoms with Gasteiger partial charge in [0.1, 0.15) is 15.7 Å². The second-order valence-electron chi connectivity index (χ2n) is 4.29. The summed E-state index contributed by atoms with van der Waals surface area (Å²) in [6.07, 6.45) is 1.78. The van der Waals surface area contributed by atoms with E-state index < -0.39 is 0 Å². The molecule has 0 saturated heterocycles. The number of carbonyl (C=O) groups is 1. The number of carbonyl (C=O) groups excluding carboxylic acids is 1. The van der Waals surface area contributed by atoms with Crippen molar-refractivity contribution in [2.75, 3.05) is 6.61 Å². The first kappa shape index (κ1) is 15.4. The summed E-state index contributed by atoms with van der Waals surface area (Å²) in [4.78, 5) is 17.3. The molecule has 7 heteroatoms. The third-order valence-electron chi connectivity index (χ3n) is 2.62. The Morgan fingerprint density at radius 3 is 2.90 bits per heavy atom. The number of ether oxygens (including phenoxy) is 1. The number of nitrogens with zero attached hydrogens (tertiary/aromatic N) is 1. The van der Waals surface area contributed by atoms with Crippen molar-refractivity contribution in [1.82, 2.24) is 10.3 Å². The summed E-state index contributed by atoms with van der Waals surface area (Å²) < 4.78 is 5.46. The number of amides is 1. The van der Waals surface area contributed by atoms with Crippen molar-refractivity contribution in [3.8, 4) is 5.75 Å². The van der Waals surface area contributed by atoms with Crippen LogP contribution in [0.2, 0.25) is 0 Å². The van der Waals surface area contributed by atoms with Crippen LogP contribution in [0.25, 0.3) is 0 Å². The minimum Gasteiger partial charge on any atom is -0.483 e. The zero-order valence-corrected chi connectivity index (χ0v) is 13.1. The summed E-state index contributed by atoms with van der Waals surface area (Å²) >= 11 is 6.49. The molecule has 0 radical (unpaired) electrons. The lowest BCUT2D eigenvalue weighted by atomic mass is 10.2. The van der Waals surface area contributed by atoms with Crippen molar-refractivity contribution < 1.29 is 9.53 Å². The Labute approximate surface area is 132 Å². The van der Waals surface area contributed by atoms with E-state index in [0.29, 0.717) is 17.9 Å². The highest BCUT2D eigenvalue weighted by Crippen LogP contribution is 2.17. The monoisotopic (exact) mass is 321 g/mol. The van der Waals surface area contributed by atoms with Gasteiger partial charge in [0.15, 0.2) is 6.61 Å². The first-order valence-electron chi connectivity index (χ1n) is 6.26. The van der Waals surface area contributed by atoms with Crippen molar-refractivity contribution >= 4 is 34.5 Å². The summed E-state index contributed by atoms with van der Waals surface area (Å²) in [6.45, 7) is 2.28. The van der Waals surface area contributed by atoms with Crippen LogP contribution in [-0.2, 0) is 11.3 Å². The van der Waals surface area contributed by atoms with Gasteiger partial charge in [-0.2, -0.15) is 0 Å². The smallest absolute Gasteiger partial charge is 0.258 e. The lowest BCUT2D eigenvalue weighted by Crippen LogP contribution is -2.28. The van der Waals surface area contributed by atoms with E-state index in [1.807, 2.05) is 13.0 Å². The number of thiocarbonyl (C=S) groups is 1. The molecular weight excluding hydrogens is 306 g/mol. The van der Waals surface area contributed by atoms with Crippen LogP contribution < -0.4 is 15.8 Å². The molecule has 3 N–H and O–H groups in total. The molecule has 0 unspecified atom stereocenters. The van der Waals surface area contributed by atoms with E-state index in [2.05, 4.69) is 10.3 Å². The number of nitrogens with one attached hydrogen (secondary N) is 1. The number of aryl methyl sites for hydroxylation is 1. The predicted octanol–water partition coefficient (Wildman–Crippen LogP) is 1.78. The van der Waals surface area contributed by atoms with Crippen LogP contribution in [0, 0.1) is 6.92 Å². The molecule has 2 rings (SSSR count). The molecular formula is C14H15N3O2S2. The van der Waals surface area contributed by atoms with E-state index in [1.165, 1.54) is 0 Å². The molecule has 1 amide bonds. The molecule has 0 aliphatic carbocycles. The van der Waals surface area contributed by atoms with E-state index in [-0.39, 0.29) is 17.5 Å². The molecule has 0 aliphatic rings. The summed E-state index contributed by atoms with van der Waals surface area (Å²) in [5.74, 6) is 0.283. The highest BCUT2D eigenvalue weighted by Gasteiger charge is 2.08. The van der Waals surface area contributed by atoms with Crippen molar-refractivity contribution in [1.29, 1.82) is 0 Å². The molecule has 0 aliphatic heterocycles. The van der Waals surface area contributed by atoms with E-state index in [4.69, 9.17) is 22.7 Å². The van der Waals surface area contributed by atoms with Crippen molar-refractivity contribution in [3.63, 3.8) is 0 Å². The molecule has 5 nitrogen and oxygen atoms in total. The van der Waals surface area contributed by atoms with E-state index >= 15 is 0 Å². The number of thiazole rings is 1. The van der Waals surface area contributed by atoms with Gasteiger partial charge in [0, 0.05) is 11.1 Å². The molecule has 0 spiro atoms. The minimum absolute atomic E-state index is 0.0933. The molecule has 0 atom stereocenters. The van der Waals surface area contributed by atoms with Gasteiger partial charge in [0.2, 0.25) is 0 Å². The Morgan fingerprint density at radius 1 is 1.48 bits per heavy atom. The van der Waals surface area contributed by atoms with Crippen LogP contribution in [0.15, 0.2) is 30.5 Å². The van der Waals surface area contributed by atoms with Crippen molar-refractivity contribution in [2.24, 2.45) is 5.73 Å². The molecule has 0 saturated carbocycles. The fourth-order valence-electron chi connectivity index (χ4n) is 1.65. The number of hydrogen-bond acceptors (Lipinski definition) is 5. The van der Waals surface area contributed by atoms with Crippen LogP contribution in [0.5, 0.6) is 5.75 Å². The van der Waals surface area contributed by atoms with Crippen molar-refractivity contribution in [2.45, 2.75) is 13.5 Å². The van der Waals surface area contributed by atoms with Gasteiger partial charge >= 0.3 is 0 Å². The second-order valence-corrected chi connectivity index (χ2v) is 6.05. The van der Waals surface area contributed by atoms with Crippen LogP contribution in [0.3, 0.4) is 0 Å². The van der Waals surface area contributed by atoms with Gasteiger partial charge in [-0.1, -0.05) is 24.4 Å². The van der Waals surface area contributed by atoms with E-state index in [0.717, 1.165) is 9.88 Å². The largest absolute Gasteiger partial charge is 0.483 e. The summed E-state index contributed by atoms with van der Waals surface area (Å²) in [5, 5.41) is 3.62. The van der Waals surface area contributed by atoms with Gasteiger partial charge in [0.25, 0.3) is 5.91 Å². The second kappa shape index (κ2) is 7.14. The quantitative estimate of drug-likeness (QED) is 0.793. The number of hydrogen-bond donors (Lipinski definition) is 2. The van der Waals surface area contributed by atoms with Crippen molar-refractivity contribution in [3.05, 3.63) is 45.9 Å². The Hall–Kier alpha value is -1.99. The fraction of sp³-hybridized carbons (Fsp3) is 0.214. The molecule has 1 aromatic carbocycles. The molecule has 1 aromatic heterocycles. The Morgan fingerprint density at radius 2 is 2.24 bits per heavy atom. The lowest BCUT2D eigenvalue weighted by Gasteiger charge is -2.10. The van der Waals surface area contributed by atoms with Gasteiger partial charge in [-0.3, -0.25) is 4.79 Å². The zero-order chi connectivity index (χ0) is 15.2. The summed E-state index contributed by atoms with van der Waals surface area (Å²) in [5.41, 5.74) is 6.22. The summed E-state index contributed by atoms with van der Waals surface area (Å²) in [7, 11) is 0. The molecule has 2 aromatic rings. The normalized spacial score (nSPS) is 10.1. The van der Waals surface area contributed by atoms with Gasteiger partial charge in [-0.05, 0) is 19.1 Å². The van der Waals surface area contributed by atoms with Gasteiger partial charge in [0.05, 0.1) is 12.1 Å². The third kappa shape index (κ3) is 4.51. The van der Waals surface area contributed by atoms with Gasteiger partial charge < -0.3 is 15.8 Å². The van der Waals surface area contributed by atoms with Crippen LogP contribution in [0.1, 0.15) is 15.4 Å². The Balaban J connectivity index is 1.85. The van der Waals surface area contributed by atoms with Gasteiger partial charge in [-0.25, -0.2) is 4.98 Å². The maximum atomic E-state index is 11.8. The highest BCUT2D eigenvalue weighted by molar-refractivity contribution is 7.80. The molecule has 1 heterocycles.